The van der Waals surface area contributed by atoms with Gasteiger partial charge in [-0.05, 0) is 37.1 Å². The molecule has 0 atom stereocenters. The lowest BCUT2D eigenvalue weighted by Gasteiger charge is -2.31. The Hall–Kier alpha value is -2.65. The molecular formula is C20H18N4O3S2. The summed E-state index contributed by atoms with van der Waals surface area (Å²) in [5.41, 5.74) is 1.07. The molecule has 4 heterocycles. The summed E-state index contributed by atoms with van der Waals surface area (Å²) in [6, 6.07) is 11.7. The number of fused-ring (bicyclic) bond motifs is 1. The Bertz CT molecular complexity index is 1080. The Balaban J connectivity index is 1.14. The third-order valence-corrected chi connectivity index (χ3v) is 6.97. The average Bonchev–Trinajstić information content (AvgIpc) is 3.52. The average molecular weight is 427 g/mol. The fourth-order valence-electron chi connectivity index (χ4n) is 3.42. The number of piperidine rings is 1. The van der Waals surface area contributed by atoms with E-state index in [9.17, 15) is 4.79 Å². The molecule has 0 aliphatic carbocycles. The van der Waals surface area contributed by atoms with Crippen molar-refractivity contribution in [2.45, 2.75) is 24.0 Å². The zero-order valence-electron chi connectivity index (χ0n) is 15.5. The predicted octanol–water partition coefficient (Wildman–Crippen LogP) is 4.44. The highest BCUT2D eigenvalue weighted by Crippen LogP contribution is 2.34. The lowest BCUT2D eigenvalue weighted by Crippen LogP contribution is -2.38. The summed E-state index contributed by atoms with van der Waals surface area (Å²) in [4.78, 5) is 19.3. The first-order valence-electron chi connectivity index (χ1n) is 9.40. The Morgan fingerprint density at radius 3 is 2.83 bits per heavy atom. The molecule has 1 aliphatic heterocycles. The number of carbonyl (C=O) groups is 1. The van der Waals surface area contributed by atoms with Gasteiger partial charge in [0.2, 0.25) is 5.91 Å². The van der Waals surface area contributed by atoms with Crippen molar-refractivity contribution < 1.29 is 13.6 Å². The normalized spacial score (nSPS) is 15.2. The number of furan rings is 1. The minimum atomic E-state index is 0.0931. The molecule has 148 valence electrons. The summed E-state index contributed by atoms with van der Waals surface area (Å²) in [6.45, 7) is 1.50. The van der Waals surface area contributed by atoms with Gasteiger partial charge >= 0.3 is 0 Å². The van der Waals surface area contributed by atoms with Gasteiger partial charge in [-0.15, -0.1) is 21.5 Å². The van der Waals surface area contributed by atoms with Crippen molar-refractivity contribution in [2.24, 2.45) is 0 Å². The predicted molar refractivity (Wildman–Crippen MR) is 111 cm³/mol. The largest absolute Gasteiger partial charge is 0.459 e. The highest BCUT2D eigenvalue weighted by Gasteiger charge is 2.26. The summed E-state index contributed by atoms with van der Waals surface area (Å²) < 4.78 is 12.0. The number of amides is 1. The van der Waals surface area contributed by atoms with Crippen molar-refractivity contribution in [3.05, 3.63) is 47.7 Å². The number of nitrogens with zero attached hydrogens (tertiary/aromatic N) is 4. The number of para-hydroxylation sites is 1. The van der Waals surface area contributed by atoms with Crippen LogP contribution in [0.1, 0.15) is 23.8 Å². The second kappa shape index (κ2) is 8.00. The Morgan fingerprint density at radius 2 is 2.03 bits per heavy atom. The van der Waals surface area contributed by atoms with Crippen molar-refractivity contribution in [3.63, 3.8) is 0 Å². The van der Waals surface area contributed by atoms with Gasteiger partial charge in [0.25, 0.3) is 11.1 Å². The fraction of sp³-hybridized carbons (Fsp3) is 0.300. The van der Waals surface area contributed by atoms with Crippen LogP contribution in [0.5, 0.6) is 0 Å². The quantitative estimate of drug-likeness (QED) is 0.436. The van der Waals surface area contributed by atoms with Gasteiger partial charge in [-0.2, -0.15) is 0 Å². The Kier molecular flexibility index (Phi) is 5.07. The van der Waals surface area contributed by atoms with Crippen LogP contribution in [0.3, 0.4) is 0 Å². The van der Waals surface area contributed by atoms with Crippen molar-refractivity contribution >= 4 is 39.2 Å². The maximum Gasteiger partial charge on any atom is 0.284 e. The number of rotatable bonds is 5. The van der Waals surface area contributed by atoms with E-state index in [0.717, 1.165) is 31.4 Å². The van der Waals surface area contributed by atoms with E-state index in [1.54, 1.807) is 29.7 Å². The molecule has 1 fully saturated rings. The lowest BCUT2D eigenvalue weighted by molar-refractivity contribution is -0.129. The molecule has 7 nitrogen and oxygen atoms in total. The Morgan fingerprint density at radius 1 is 1.17 bits per heavy atom. The van der Waals surface area contributed by atoms with Crippen LogP contribution < -0.4 is 0 Å². The second-order valence-corrected chi connectivity index (χ2v) is 8.80. The van der Waals surface area contributed by atoms with Crippen LogP contribution in [0.4, 0.5) is 0 Å². The van der Waals surface area contributed by atoms with E-state index in [-0.39, 0.29) is 11.7 Å². The minimum absolute atomic E-state index is 0.0931. The fourth-order valence-corrected chi connectivity index (χ4v) is 5.23. The van der Waals surface area contributed by atoms with Crippen LogP contribution >= 0.6 is 23.1 Å². The van der Waals surface area contributed by atoms with Crippen LogP contribution in [0, 0.1) is 0 Å². The standard InChI is InChI=1S/C20H18N4O3S2/c25-17(12-28-20-23-22-18(27-20)15-5-3-11-26-15)24-9-7-13(8-10-24)19-21-14-4-1-2-6-16(14)29-19/h1-6,11,13H,7-10,12H2. The second-order valence-electron chi connectivity index (χ2n) is 6.81. The summed E-state index contributed by atoms with van der Waals surface area (Å²) >= 11 is 3.03. The molecule has 0 bridgehead atoms. The molecule has 0 N–H and O–H groups in total. The van der Waals surface area contributed by atoms with E-state index in [2.05, 4.69) is 22.3 Å². The number of thiazole rings is 1. The smallest absolute Gasteiger partial charge is 0.284 e. The first-order valence-corrected chi connectivity index (χ1v) is 11.2. The monoisotopic (exact) mass is 426 g/mol. The first kappa shape index (κ1) is 18.4. The topological polar surface area (TPSA) is 85.3 Å². The van der Waals surface area contributed by atoms with Crippen molar-refractivity contribution in [1.29, 1.82) is 0 Å². The van der Waals surface area contributed by atoms with E-state index in [0.29, 0.717) is 22.8 Å². The summed E-state index contributed by atoms with van der Waals surface area (Å²) in [5, 5.41) is 9.47. The van der Waals surface area contributed by atoms with Gasteiger partial charge in [0.05, 0.1) is 27.2 Å². The number of likely N-dealkylation sites (tertiary alicyclic amines) is 1. The van der Waals surface area contributed by atoms with Gasteiger partial charge in [0, 0.05) is 19.0 Å². The number of carbonyl (C=O) groups excluding carboxylic acids is 1. The Labute approximate surface area is 175 Å². The van der Waals surface area contributed by atoms with Gasteiger partial charge in [-0.1, -0.05) is 23.9 Å². The van der Waals surface area contributed by atoms with Gasteiger partial charge < -0.3 is 13.7 Å². The summed E-state index contributed by atoms with van der Waals surface area (Å²) in [7, 11) is 0. The highest BCUT2D eigenvalue weighted by molar-refractivity contribution is 7.99. The number of aromatic nitrogens is 3. The highest BCUT2D eigenvalue weighted by atomic mass is 32.2. The van der Waals surface area contributed by atoms with E-state index in [1.807, 2.05) is 17.0 Å². The van der Waals surface area contributed by atoms with Gasteiger partial charge in [-0.25, -0.2) is 4.98 Å². The van der Waals surface area contributed by atoms with Gasteiger partial charge in [0.15, 0.2) is 5.76 Å². The van der Waals surface area contributed by atoms with Crippen LogP contribution in [0.25, 0.3) is 21.9 Å². The molecule has 5 rings (SSSR count). The van der Waals surface area contributed by atoms with Crippen LogP contribution in [0.2, 0.25) is 0 Å². The number of thioether (sulfide) groups is 1. The van der Waals surface area contributed by atoms with Crippen LogP contribution in [-0.2, 0) is 4.79 Å². The van der Waals surface area contributed by atoms with Gasteiger partial charge in [0.1, 0.15) is 0 Å². The lowest BCUT2D eigenvalue weighted by atomic mass is 9.97. The molecule has 1 aliphatic rings. The number of benzene rings is 1. The molecule has 9 heteroatoms. The molecule has 1 amide bonds. The number of hydrogen-bond acceptors (Lipinski definition) is 8. The molecule has 1 aromatic carbocycles. The molecule has 0 unspecified atom stereocenters. The van der Waals surface area contributed by atoms with Crippen LogP contribution in [0.15, 0.2) is 56.7 Å². The van der Waals surface area contributed by atoms with Crippen molar-refractivity contribution in [2.75, 3.05) is 18.8 Å². The zero-order valence-corrected chi connectivity index (χ0v) is 17.1. The van der Waals surface area contributed by atoms with E-state index >= 15 is 0 Å². The van der Waals surface area contributed by atoms with E-state index in [4.69, 9.17) is 13.8 Å². The minimum Gasteiger partial charge on any atom is -0.459 e. The molecule has 0 radical (unpaired) electrons. The van der Waals surface area contributed by atoms with E-state index < -0.39 is 0 Å². The van der Waals surface area contributed by atoms with E-state index in [1.165, 1.54) is 21.5 Å². The third-order valence-electron chi connectivity index (χ3n) is 4.96. The molecule has 0 spiro atoms. The van der Waals surface area contributed by atoms with Crippen LogP contribution in [-0.4, -0.2) is 44.8 Å². The molecule has 1 saturated heterocycles. The van der Waals surface area contributed by atoms with Gasteiger partial charge in [-0.3, -0.25) is 4.79 Å². The maximum absolute atomic E-state index is 12.6. The number of hydrogen-bond donors (Lipinski definition) is 0. The molecule has 3 aromatic heterocycles. The molecule has 4 aromatic rings. The van der Waals surface area contributed by atoms with Crippen molar-refractivity contribution in [1.82, 2.24) is 20.1 Å². The summed E-state index contributed by atoms with van der Waals surface area (Å²) in [5.74, 6) is 1.64. The molecule has 0 saturated carbocycles. The third kappa shape index (κ3) is 3.92. The maximum atomic E-state index is 12.6. The zero-order chi connectivity index (χ0) is 19.6. The SMILES string of the molecule is O=C(CSc1nnc(-c2ccco2)o1)N1CCC(c2nc3ccccc3s2)CC1. The van der Waals surface area contributed by atoms with Crippen molar-refractivity contribution in [3.8, 4) is 11.7 Å². The molecular weight excluding hydrogens is 408 g/mol. The summed E-state index contributed by atoms with van der Waals surface area (Å²) in [6.07, 6.45) is 3.44. The first-order chi connectivity index (χ1) is 14.3. The molecule has 29 heavy (non-hydrogen) atoms.